The molecule has 0 fully saturated rings. The van der Waals surface area contributed by atoms with E-state index in [0.29, 0.717) is 11.3 Å². The Morgan fingerprint density at radius 3 is 2.26 bits per heavy atom. The molecule has 1 heterocycles. The van der Waals surface area contributed by atoms with Gasteiger partial charge < -0.3 is 10.2 Å². The summed E-state index contributed by atoms with van der Waals surface area (Å²) in [5.41, 5.74) is -0.744. The van der Waals surface area contributed by atoms with Crippen molar-refractivity contribution >= 4 is 20.1 Å². The van der Waals surface area contributed by atoms with Gasteiger partial charge in [0.05, 0.1) is 11.4 Å². The molecule has 3 atom stereocenters. The minimum absolute atomic E-state index is 0.0360. The number of carboxylic acids is 1. The molecule has 0 radical (unpaired) electrons. The first kappa shape index (κ1) is 25.4. The second-order valence-corrected chi connectivity index (χ2v) is 9.71. The fraction of sp³-hybridized carbons (Fsp3) is 0.231. The van der Waals surface area contributed by atoms with Crippen LogP contribution in [-0.4, -0.2) is 31.2 Å². The molecule has 34 heavy (non-hydrogen) atoms. The number of carbonyl (C=O) groups is 1. The molecule has 3 N–H and O–H groups in total. The van der Waals surface area contributed by atoms with E-state index in [2.05, 4.69) is 4.98 Å². The van der Waals surface area contributed by atoms with Crippen molar-refractivity contribution in [2.45, 2.75) is 31.0 Å². The number of aliphatic carboxylic acids is 1. The van der Waals surface area contributed by atoms with Crippen LogP contribution in [0.25, 0.3) is 17.3 Å². The molecule has 0 aliphatic rings. The average molecular weight is 482 g/mol. The van der Waals surface area contributed by atoms with Gasteiger partial charge in [0.1, 0.15) is 5.82 Å². The van der Waals surface area contributed by atoms with Gasteiger partial charge in [0.15, 0.2) is 5.60 Å². The van der Waals surface area contributed by atoms with Gasteiger partial charge in [0.2, 0.25) is 0 Å². The number of rotatable bonds is 9. The first-order chi connectivity index (χ1) is 16.1. The molecule has 0 aliphatic carbocycles. The van der Waals surface area contributed by atoms with E-state index < -0.39 is 30.6 Å². The Morgan fingerprint density at radius 2 is 1.71 bits per heavy atom. The van der Waals surface area contributed by atoms with E-state index in [-0.39, 0.29) is 18.0 Å². The van der Waals surface area contributed by atoms with Crippen LogP contribution >= 0.6 is 8.03 Å². The Balaban J connectivity index is 2.24. The monoisotopic (exact) mass is 482 g/mol. The number of aromatic nitrogens is 1. The molecule has 8 heteroatoms. The van der Waals surface area contributed by atoms with Gasteiger partial charge in [-0.1, -0.05) is 68.5 Å². The zero-order chi connectivity index (χ0) is 24.9. The Morgan fingerprint density at radius 1 is 1.06 bits per heavy atom. The van der Waals surface area contributed by atoms with Crippen LogP contribution in [0.2, 0.25) is 0 Å². The van der Waals surface area contributed by atoms with Gasteiger partial charge in [-0.25, -0.2) is 14.2 Å². The number of halogens is 1. The minimum Gasteiger partial charge on any atom is -0.477 e. The molecule has 0 saturated carbocycles. The summed E-state index contributed by atoms with van der Waals surface area (Å²) in [7, 11) is -3.50. The third-order valence-electron chi connectivity index (χ3n) is 5.59. The number of pyridine rings is 1. The largest absolute Gasteiger partial charge is 0.531 e. The molecule has 0 aliphatic heterocycles. The molecular weight excluding hydrogens is 456 g/mol. The fourth-order valence-electron chi connectivity index (χ4n) is 3.96. The summed E-state index contributed by atoms with van der Waals surface area (Å²) in [5.74, 6) is -2.40. The van der Waals surface area contributed by atoms with Gasteiger partial charge in [-0.05, 0) is 52.8 Å². The Kier molecular flexibility index (Phi) is 7.72. The van der Waals surface area contributed by atoms with Gasteiger partial charge in [-0.15, -0.1) is 0 Å². The van der Waals surface area contributed by atoms with Crippen LogP contribution in [0, 0.1) is 11.7 Å². The topological polar surface area (TPSA) is 108 Å². The Bertz CT molecular complexity index is 1180. The lowest BCUT2D eigenvalue weighted by Crippen LogP contribution is -2.54. The van der Waals surface area contributed by atoms with Crippen molar-refractivity contribution in [1.29, 1.82) is 0 Å². The van der Waals surface area contributed by atoms with E-state index in [1.54, 1.807) is 26.0 Å². The van der Waals surface area contributed by atoms with Gasteiger partial charge in [-0.2, -0.15) is 4.89 Å². The zero-order valence-electron chi connectivity index (χ0n) is 18.8. The molecule has 3 unspecified atom stereocenters. The number of nitrogens with zero attached hydrogens (tertiary/aromatic N) is 1. The summed E-state index contributed by atoms with van der Waals surface area (Å²) in [4.78, 5) is 27.6. The molecule has 0 saturated heterocycles. The molecule has 1 aromatic heterocycles. The summed E-state index contributed by atoms with van der Waals surface area (Å²) in [5, 5.41) is 19.6. The van der Waals surface area contributed by atoms with Crippen molar-refractivity contribution in [2.75, 3.05) is 0 Å². The van der Waals surface area contributed by atoms with Crippen LogP contribution in [0.15, 0.2) is 78.9 Å². The van der Waals surface area contributed by atoms with Gasteiger partial charge in [0, 0.05) is 5.56 Å². The Hall–Kier alpha value is -3.25. The quantitative estimate of drug-likeness (QED) is 0.353. The molecule has 0 bridgehead atoms. The number of aliphatic hydroxyl groups is 1. The summed E-state index contributed by atoms with van der Waals surface area (Å²) < 4.78 is 26.1. The van der Waals surface area contributed by atoms with E-state index in [9.17, 15) is 28.9 Å². The predicted octanol–water partition coefficient (Wildman–Crippen LogP) is 5.39. The highest BCUT2D eigenvalue weighted by Gasteiger charge is 2.70. The van der Waals surface area contributed by atoms with Crippen molar-refractivity contribution in [3.8, 4) is 11.3 Å². The highest BCUT2D eigenvalue weighted by Crippen LogP contribution is 2.53. The number of hydrogen-bond donors (Lipinski definition) is 3. The van der Waals surface area contributed by atoms with Crippen LogP contribution in [0.1, 0.15) is 31.5 Å². The smallest absolute Gasteiger partial charge is 0.477 e. The second-order valence-electron chi connectivity index (χ2n) is 8.46. The van der Waals surface area contributed by atoms with Gasteiger partial charge in [0.25, 0.3) is 0 Å². The molecule has 2 aromatic carbocycles. The molecule has 0 spiro atoms. The summed E-state index contributed by atoms with van der Waals surface area (Å²) in [6, 6.07) is 19.1. The Labute approximate surface area is 198 Å². The van der Waals surface area contributed by atoms with Crippen LogP contribution in [0.5, 0.6) is 0 Å². The van der Waals surface area contributed by atoms with E-state index in [1.807, 2.05) is 30.3 Å². The van der Waals surface area contributed by atoms with Gasteiger partial charge in [-0.3, -0.25) is 0 Å². The average Bonchev–Trinajstić information content (AvgIpc) is 2.80. The van der Waals surface area contributed by atoms with Crippen LogP contribution < -0.4 is 0 Å². The van der Waals surface area contributed by atoms with Crippen molar-refractivity contribution in [2.24, 2.45) is 5.92 Å². The number of hydrogen-bond acceptors (Lipinski definition) is 4. The molecule has 176 valence electrons. The van der Waals surface area contributed by atoms with E-state index in [4.69, 9.17) is 0 Å². The van der Waals surface area contributed by atoms with E-state index in [0.717, 1.165) is 11.6 Å². The highest BCUT2D eigenvalue weighted by molar-refractivity contribution is 7.42. The maximum Gasteiger partial charge on any atom is 0.531 e. The van der Waals surface area contributed by atoms with Crippen molar-refractivity contribution in [3.63, 3.8) is 0 Å². The molecule has 0 amide bonds. The third kappa shape index (κ3) is 4.97. The van der Waals surface area contributed by atoms with E-state index in [1.165, 1.54) is 36.4 Å². The van der Waals surface area contributed by atoms with Crippen molar-refractivity contribution < 1.29 is 28.9 Å². The maximum absolute atomic E-state index is 13.3. The van der Waals surface area contributed by atoms with Crippen molar-refractivity contribution in [1.82, 2.24) is 4.98 Å². The normalized spacial score (nSPS) is 15.6. The van der Waals surface area contributed by atoms with Crippen LogP contribution in [-0.2, 0) is 15.0 Å². The van der Waals surface area contributed by atoms with Crippen LogP contribution in [0.4, 0.5) is 4.39 Å². The number of benzene rings is 2. The van der Waals surface area contributed by atoms with Gasteiger partial charge >= 0.3 is 19.2 Å². The lowest BCUT2D eigenvalue weighted by molar-refractivity contribution is -0.148. The molecule has 3 aromatic rings. The fourth-order valence-corrected chi connectivity index (χ4v) is 4.85. The van der Waals surface area contributed by atoms with Crippen LogP contribution in [0.3, 0.4) is 0 Å². The first-order valence-electron chi connectivity index (χ1n) is 10.7. The predicted molar refractivity (Wildman–Crippen MR) is 129 cm³/mol. The van der Waals surface area contributed by atoms with Crippen molar-refractivity contribution in [3.05, 3.63) is 95.9 Å². The zero-order valence-corrected chi connectivity index (χ0v) is 19.7. The summed E-state index contributed by atoms with van der Waals surface area (Å²) >= 11 is 0. The number of carboxylic acid groups (broad SMARTS) is 1. The summed E-state index contributed by atoms with van der Waals surface area (Å²) in [6.45, 7) is 3.54. The maximum atomic E-state index is 13.3. The summed E-state index contributed by atoms with van der Waals surface area (Å²) in [6.07, 6.45) is 2.16. The second kappa shape index (κ2) is 10.3. The lowest BCUT2D eigenvalue weighted by Gasteiger charge is -2.35. The highest BCUT2D eigenvalue weighted by atomic mass is 31.1. The SMILES string of the molecule is CC(C)CC(O)(c1cccc(-c2ccccc2)n1)C(C=Cc1ccc(F)cc1)(C(=O)O)[P+](=O)O. The van der Waals surface area contributed by atoms with E-state index >= 15 is 0 Å². The minimum atomic E-state index is -3.50. The third-order valence-corrected chi connectivity index (χ3v) is 6.91. The molecule has 6 nitrogen and oxygen atoms in total. The lowest BCUT2D eigenvalue weighted by atomic mass is 9.76. The first-order valence-corrected chi connectivity index (χ1v) is 11.9. The standard InChI is InChI=1S/C26H25FNO5P/c1-18(2)17-25(31,23-10-6-9-22(28-23)20-7-4-3-5-8-20)26(24(29)30,34(32)33)16-15-19-11-13-21(27)14-12-19/h3-16,18,31H,17H2,1-2H3,(H-,29,30,32,33)/p+1. The molecular formula is C26H26FNO5P+. The molecule has 3 rings (SSSR count).